The SMILES string of the molecule is CCCNC1CCN(CCc2cccc(OC)c2)CC1C. The molecule has 2 atom stereocenters. The van der Waals surface area contributed by atoms with E-state index in [0.717, 1.165) is 31.2 Å². The number of hydrogen-bond donors (Lipinski definition) is 1. The van der Waals surface area contributed by atoms with Gasteiger partial charge in [-0.1, -0.05) is 26.0 Å². The summed E-state index contributed by atoms with van der Waals surface area (Å²) in [5.74, 6) is 1.71. The van der Waals surface area contributed by atoms with E-state index in [9.17, 15) is 0 Å². The average molecular weight is 290 g/mol. The van der Waals surface area contributed by atoms with Crippen LogP contribution in [-0.2, 0) is 6.42 Å². The quantitative estimate of drug-likeness (QED) is 0.835. The molecular weight excluding hydrogens is 260 g/mol. The van der Waals surface area contributed by atoms with E-state index in [1.165, 1.54) is 31.5 Å². The first-order chi connectivity index (χ1) is 10.2. The van der Waals surface area contributed by atoms with Crippen LogP contribution in [0.15, 0.2) is 24.3 Å². The monoisotopic (exact) mass is 290 g/mol. The van der Waals surface area contributed by atoms with Gasteiger partial charge in [-0.25, -0.2) is 0 Å². The molecule has 1 aromatic rings. The summed E-state index contributed by atoms with van der Waals surface area (Å²) in [6.07, 6.45) is 3.61. The lowest BCUT2D eigenvalue weighted by Crippen LogP contribution is -2.48. The number of benzene rings is 1. The first kappa shape index (κ1) is 16.3. The van der Waals surface area contributed by atoms with E-state index < -0.39 is 0 Å². The van der Waals surface area contributed by atoms with Crippen molar-refractivity contribution in [3.05, 3.63) is 29.8 Å². The number of nitrogens with one attached hydrogen (secondary N) is 1. The number of hydrogen-bond acceptors (Lipinski definition) is 3. The predicted octanol–water partition coefficient (Wildman–Crippen LogP) is 2.95. The molecule has 2 rings (SSSR count). The zero-order chi connectivity index (χ0) is 15.1. The minimum absolute atomic E-state index is 0.706. The minimum atomic E-state index is 0.706. The number of ether oxygens (including phenoxy) is 1. The topological polar surface area (TPSA) is 24.5 Å². The van der Waals surface area contributed by atoms with Crippen LogP contribution in [0.2, 0.25) is 0 Å². The summed E-state index contributed by atoms with van der Waals surface area (Å²) in [5.41, 5.74) is 1.37. The van der Waals surface area contributed by atoms with Crippen LogP contribution >= 0.6 is 0 Å². The highest BCUT2D eigenvalue weighted by Crippen LogP contribution is 2.18. The Morgan fingerprint density at radius 3 is 2.95 bits per heavy atom. The van der Waals surface area contributed by atoms with Gasteiger partial charge in [0.25, 0.3) is 0 Å². The van der Waals surface area contributed by atoms with Gasteiger partial charge in [0.15, 0.2) is 0 Å². The van der Waals surface area contributed by atoms with Gasteiger partial charge >= 0.3 is 0 Å². The average Bonchev–Trinajstić information content (AvgIpc) is 2.52. The molecule has 1 aliphatic rings. The Morgan fingerprint density at radius 2 is 2.24 bits per heavy atom. The molecule has 1 heterocycles. The molecule has 1 N–H and O–H groups in total. The van der Waals surface area contributed by atoms with Crippen molar-refractivity contribution in [3.63, 3.8) is 0 Å². The number of likely N-dealkylation sites (tertiary alicyclic amines) is 1. The van der Waals surface area contributed by atoms with Gasteiger partial charge in [0.1, 0.15) is 5.75 Å². The van der Waals surface area contributed by atoms with E-state index in [1.54, 1.807) is 7.11 Å². The van der Waals surface area contributed by atoms with Gasteiger partial charge < -0.3 is 15.0 Å². The molecule has 2 unspecified atom stereocenters. The molecule has 118 valence electrons. The largest absolute Gasteiger partial charge is 0.497 e. The Kier molecular flexibility index (Phi) is 6.52. The Balaban J connectivity index is 1.77. The predicted molar refractivity (Wildman–Crippen MR) is 89.0 cm³/mol. The van der Waals surface area contributed by atoms with Crippen molar-refractivity contribution in [3.8, 4) is 5.75 Å². The maximum absolute atomic E-state index is 5.29. The summed E-state index contributed by atoms with van der Waals surface area (Å²) >= 11 is 0. The van der Waals surface area contributed by atoms with Gasteiger partial charge in [-0.3, -0.25) is 0 Å². The van der Waals surface area contributed by atoms with Gasteiger partial charge in [-0.2, -0.15) is 0 Å². The van der Waals surface area contributed by atoms with Crippen LogP contribution in [0.4, 0.5) is 0 Å². The van der Waals surface area contributed by atoms with Crippen molar-refractivity contribution in [1.82, 2.24) is 10.2 Å². The maximum Gasteiger partial charge on any atom is 0.119 e. The molecule has 21 heavy (non-hydrogen) atoms. The van der Waals surface area contributed by atoms with Crippen molar-refractivity contribution in [1.29, 1.82) is 0 Å². The van der Waals surface area contributed by atoms with E-state index >= 15 is 0 Å². The number of methoxy groups -OCH3 is 1. The molecule has 0 bridgehead atoms. The second kappa shape index (κ2) is 8.40. The first-order valence-corrected chi connectivity index (χ1v) is 8.31. The smallest absolute Gasteiger partial charge is 0.119 e. The Labute approximate surface area is 129 Å². The van der Waals surface area contributed by atoms with Crippen molar-refractivity contribution in [2.45, 2.75) is 39.2 Å². The molecular formula is C18H30N2O. The van der Waals surface area contributed by atoms with Crippen LogP contribution in [0, 0.1) is 5.92 Å². The fourth-order valence-corrected chi connectivity index (χ4v) is 3.18. The van der Waals surface area contributed by atoms with E-state index in [1.807, 2.05) is 6.07 Å². The second-order valence-corrected chi connectivity index (χ2v) is 6.23. The lowest BCUT2D eigenvalue weighted by molar-refractivity contribution is 0.149. The van der Waals surface area contributed by atoms with Crippen LogP contribution in [0.5, 0.6) is 5.75 Å². The summed E-state index contributed by atoms with van der Waals surface area (Å²) in [6, 6.07) is 9.15. The van der Waals surface area contributed by atoms with E-state index in [0.29, 0.717) is 6.04 Å². The van der Waals surface area contributed by atoms with Crippen LogP contribution in [0.25, 0.3) is 0 Å². The van der Waals surface area contributed by atoms with Gasteiger partial charge in [0, 0.05) is 19.1 Å². The lowest BCUT2D eigenvalue weighted by Gasteiger charge is -2.37. The second-order valence-electron chi connectivity index (χ2n) is 6.23. The molecule has 1 saturated heterocycles. The molecule has 0 radical (unpaired) electrons. The fourth-order valence-electron chi connectivity index (χ4n) is 3.18. The number of nitrogens with zero attached hydrogens (tertiary/aromatic N) is 1. The van der Waals surface area contributed by atoms with Gasteiger partial charge in [-0.05, 0) is 56.0 Å². The van der Waals surface area contributed by atoms with Gasteiger partial charge in [0.05, 0.1) is 7.11 Å². The molecule has 0 spiro atoms. The van der Waals surface area contributed by atoms with Crippen LogP contribution in [-0.4, -0.2) is 44.2 Å². The summed E-state index contributed by atoms with van der Waals surface area (Å²) in [7, 11) is 1.73. The Hall–Kier alpha value is -1.06. The van der Waals surface area contributed by atoms with Crippen molar-refractivity contribution < 1.29 is 4.74 Å². The molecule has 1 aliphatic heterocycles. The highest BCUT2D eigenvalue weighted by atomic mass is 16.5. The Morgan fingerprint density at radius 1 is 1.38 bits per heavy atom. The van der Waals surface area contributed by atoms with Crippen molar-refractivity contribution >= 4 is 0 Å². The summed E-state index contributed by atoms with van der Waals surface area (Å²) in [4.78, 5) is 2.61. The van der Waals surface area contributed by atoms with E-state index in [2.05, 4.69) is 42.3 Å². The van der Waals surface area contributed by atoms with Crippen molar-refractivity contribution in [2.24, 2.45) is 5.92 Å². The van der Waals surface area contributed by atoms with Gasteiger partial charge in [0.2, 0.25) is 0 Å². The standard InChI is InChI=1S/C18H30N2O/c1-4-10-19-18-9-12-20(14-15(18)2)11-8-16-6-5-7-17(13-16)21-3/h5-7,13,15,18-19H,4,8-12,14H2,1-3H3. The van der Waals surface area contributed by atoms with E-state index in [4.69, 9.17) is 4.74 Å². The maximum atomic E-state index is 5.29. The van der Waals surface area contributed by atoms with Gasteiger partial charge in [-0.15, -0.1) is 0 Å². The molecule has 3 nitrogen and oxygen atoms in total. The van der Waals surface area contributed by atoms with E-state index in [-0.39, 0.29) is 0 Å². The van der Waals surface area contributed by atoms with Crippen LogP contribution < -0.4 is 10.1 Å². The molecule has 3 heteroatoms. The number of piperidine rings is 1. The first-order valence-electron chi connectivity index (χ1n) is 8.31. The zero-order valence-corrected chi connectivity index (χ0v) is 13.8. The summed E-state index contributed by atoms with van der Waals surface area (Å²) in [6.45, 7) is 9.35. The number of rotatable bonds is 7. The molecule has 0 saturated carbocycles. The fraction of sp³-hybridized carbons (Fsp3) is 0.667. The van der Waals surface area contributed by atoms with Crippen LogP contribution in [0.1, 0.15) is 32.3 Å². The molecule has 1 fully saturated rings. The summed E-state index contributed by atoms with van der Waals surface area (Å²) in [5, 5.41) is 3.69. The zero-order valence-electron chi connectivity index (χ0n) is 13.8. The highest BCUT2D eigenvalue weighted by molar-refractivity contribution is 5.28. The third-order valence-electron chi connectivity index (χ3n) is 4.50. The third-order valence-corrected chi connectivity index (χ3v) is 4.50. The molecule has 0 aromatic heterocycles. The normalized spacial score (nSPS) is 23.2. The third kappa shape index (κ3) is 5.01. The lowest BCUT2D eigenvalue weighted by atomic mass is 9.93. The van der Waals surface area contributed by atoms with Crippen LogP contribution in [0.3, 0.4) is 0 Å². The van der Waals surface area contributed by atoms with Crippen molar-refractivity contribution in [2.75, 3.05) is 33.3 Å². The minimum Gasteiger partial charge on any atom is -0.497 e. The Bertz CT molecular complexity index is 421. The summed E-state index contributed by atoms with van der Waals surface area (Å²) < 4.78 is 5.29. The molecule has 0 amide bonds. The molecule has 0 aliphatic carbocycles. The molecule has 1 aromatic carbocycles. The highest BCUT2D eigenvalue weighted by Gasteiger charge is 2.24.